The van der Waals surface area contributed by atoms with Crippen molar-refractivity contribution in [3.63, 3.8) is 0 Å². The van der Waals surface area contributed by atoms with Crippen LogP contribution in [0.1, 0.15) is 29.7 Å². The summed E-state index contributed by atoms with van der Waals surface area (Å²) in [5, 5.41) is 2.94. The van der Waals surface area contributed by atoms with Gasteiger partial charge in [-0.3, -0.25) is 9.69 Å². The van der Waals surface area contributed by atoms with E-state index in [2.05, 4.69) is 10.2 Å². The zero-order chi connectivity index (χ0) is 22.3. The van der Waals surface area contributed by atoms with Crippen LogP contribution in [0, 0.1) is 0 Å². The molecule has 2 aromatic rings. The third-order valence-corrected chi connectivity index (χ3v) is 5.20. The maximum absolute atomic E-state index is 12.9. The number of nitrogens with one attached hydrogen (secondary N) is 1. The fourth-order valence-electron chi connectivity index (χ4n) is 3.57. The standard InChI is InChI=1S/C23H27F3N2O3/c1-2-31-20-9-3-17(4-10-20)15-22(29)27-16-21(28-11-13-30-14-12-28)18-5-7-19(8-6-18)23(24,25)26/h3-10,21H,2,11-16H2,1H3,(H,27,29). The molecule has 0 radical (unpaired) electrons. The van der Waals surface area contributed by atoms with E-state index in [9.17, 15) is 18.0 Å². The number of rotatable bonds is 8. The molecule has 168 valence electrons. The molecule has 0 aromatic heterocycles. The third kappa shape index (κ3) is 6.70. The van der Waals surface area contributed by atoms with Crippen LogP contribution in [0.15, 0.2) is 48.5 Å². The molecule has 0 saturated carbocycles. The number of hydrogen-bond acceptors (Lipinski definition) is 4. The second-order valence-corrected chi connectivity index (χ2v) is 7.34. The number of morpholine rings is 1. The lowest BCUT2D eigenvalue weighted by molar-refractivity contribution is -0.137. The van der Waals surface area contributed by atoms with E-state index in [0.29, 0.717) is 39.5 Å². The van der Waals surface area contributed by atoms with Crippen molar-refractivity contribution in [1.29, 1.82) is 0 Å². The molecule has 1 N–H and O–H groups in total. The predicted molar refractivity (Wildman–Crippen MR) is 111 cm³/mol. The molecule has 0 bridgehead atoms. The van der Waals surface area contributed by atoms with E-state index in [1.807, 2.05) is 31.2 Å². The summed E-state index contributed by atoms with van der Waals surface area (Å²) in [7, 11) is 0. The molecule has 1 aliphatic heterocycles. The Hall–Kier alpha value is -2.58. The second-order valence-electron chi connectivity index (χ2n) is 7.34. The minimum atomic E-state index is -4.38. The van der Waals surface area contributed by atoms with Gasteiger partial charge in [-0.25, -0.2) is 0 Å². The zero-order valence-electron chi connectivity index (χ0n) is 17.5. The number of nitrogens with zero attached hydrogens (tertiary/aromatic N) is 1. The number of amides is 1. The smallest absolute Gasteiger partial charge is 0.416 e. The molecule has 0 aliphatic carbocycles. The molecule has 1 saturated heterocycles. The Labute approximate surface area is 180 Å². The molecule has 1 aliphatic rings. The number of hydrogen-bond donors (Lipinski definition) is 1. The van der Waals surface area contributed by atoms with Gasteiger partial charge in [-0.05, 0) is 42.3 Å². The number of benzene rings is 2. The van der Waals surface area contributed by atoms with Gasteiger partial charge in [0.15, 0.2) is 0 Å². The monoisotopic (exact) mass is 436 g/mol. The highest BCUT2D eigenvalue weighted by Gasteiger charge is 2.31. The fourth-order valence-corrected chi connectivity index (χ4v) is 3.57. The van der Waals surface area contributed by atoms with Gasteiger partial charge in [0, 0.05) is 19.6 Å². The Kier molecular flexibility index (Phi) is 7.92. The normalized spacial score (nSPS) is 16.0. The van der Waals surface area contributed by atoms with Crippen molar-refractivity contribution in [3.05, 3.63) is 65.2 Å². The first-order chi connectivity index (χ1) is 14.9. The molecule has 1 fully saturated rings. The van der Waals surface area contributed by atoms with Gasteiger partial charge < -0.3 is 14.8 Å². The summed E-state index contributed by atoms with van der Waals surface area (Å²) in [6.07, 6.45) is -4.16. The topological polar surface area (TPSA) is 50.8 Å². The molecule has 2 aromatic carbocycles. The molecule has 8 heteroatoms. The van der Waals surface area contributed by atoms with Crippen LogP contribution in [-0.2, 0) is 22.1 Å². The van der Waals surface area contributed by atoms with E-state index in [-0.39, 0.29) is 18.4 Å². The van der Waals surface area contributed by atoms with Gasteiger partial charge in [0.05, 0.1) is 37.8 Å². The Bertz CT molecular complexity index is 833. The average molecular weight is 436 g/mol. The van der Waals surface area contributed by atoms with E-state index in [4.69, 9.17) is 9.47 Å². The predicted octanol–water partition coefficient (Wildman–Crippen LogP) is 3.84. The first-order valence-corrected chi connectivity index (χ1v) is 10.3. The number of ether oxygens (including phenoxy) is 2. The van der Waals surface area contributed by atoms with Crippen LogP contribution in [-0.4, -0.2) is 50.3 Å². The number of alkyl halides is 3. The zero-order valence-corrected chi connectivity index (χ0v) is 17.5. The van der Waals surface area contributed by atoms with Crippen LogP contribution in [0.2, 0.25) is 0 Å². The van der Waals surface area contributed by atoms with Crippen molar-refractivity contribution < 1.29 is 27.4 Å². The number of halogens is 3. The van der Waals surface area contributed by atoms with Crippen LogP contribution in [0.3, 0.4) is 0 Å². The van der Waals surface area contributed by atoms with Gasteiger partial charge in [0.2, 0.25) is 5.91 Å². The van der Waals surface area contributed by atoms with Gasteiger partial charge >= 0.3 is 6.18 Å². The summed E-state index contributed by atoms with van der Waals surface area (Å²) in [5.74, 6) is 0.607. The maximum Gasteiger partial charge on any atom is 0.416 e. The van der Waals surface area contributed by atoms with Gasteiger partial charge in [-0.1, -0.05) is 24.3 Å². The molecule has 1 amide bonds. The summed E-state index contributed by atoms with van der Waals surface area (Å²) in [6.45, 7) is 5.20. The summed E-state index contributed by atoms with van der Waals surface area (Å²) >= 11 is 0. The highest BCUT2D eigenvalue weighted by atomic mass is 19.4. The Balaban J connectivity index is 1.65. The van der Waals surface area contributed by atoms with E-state index in [1.54, 1.807) is 0 Å². The van der Waals surface area contributed by atoms with E-state index >= 15 is 0 Å². The first-order valence-electron chi connectivity index (χ1n) is 10.3. The van der Waals surface area contributed by atoms with Crippen LogP contribution in [0.5, 0.6) is 5.75 Å². The van der Waals surface area contributed by atoms with Gasteiger partial charge in [0.1, 0.15) is 5.75 Å². The molecule has 1 atom stereocenters. The molecule has 1 unspecified atom stereocenters. The van der Waals surface area contributed by atoms with Crippen molar-refractivity contribution in [3.8, 4) is 5.75 Å². The highest BCUT2D eigenvalue weighted by Crippen LogP contribution is 2.31. The summed E-state index contributed by atoms with van der Waals surface area (Å²) in [5.41, 5.74) is 0.909. The summed E-state index contributed by atoms with van der Waals surface area (Å²) in [4.78, 5) is 14.6. The Morgan fingerprint density at radius 2 is 1.74 bits per heavy atom. The lowest BCUT2D eigenvalue weighted by atomic mass is 10.0. The van der Waals surface area contributed by atoms with Crippen LogP contribution in [0.4, 0.5) is 13.2 Å². The van der Waals surface area contributed by atoms with Gasteiger partial charge in [0.25, 0.3) is 0 Å². The lowest BCUT2D eigenvalue weighted by Gasteiger charge is -2.35. The molecule has 3 rings (SSSR count). The van der Waals surface area contributed by atoms with Gasteiger partial charge in [-0.2, -0.15) is 13.2 Å². The van der Waals surface area contributed by atoms with Crippen molar-refractivity contribution in [2.24, 2.45) is 0 Å². The number of carbonyl (C=O) groups excluding carboxylic acids is 1. The second kappa shape index (κ2) is 10.6. The summed E-state index contributed by atoms with van der Waals surface area (Å²) < 4.78 is 49.5. The Morgan fingerprint density at radius 1 is 1.10 bits per heavy atom. The highest BCUT2D eigenvalue weighted by molar-refractivity contribution is 5.78. The van der Waals surface area contributed by atoms with E-state index in [0.717, 1.165) is 29.0 Å². The van der Waals surface area contributed by atoms with Gasteiger partial charge in [-0.15, -0.1) is 0 Å². The summed E-state index contributed by atoms with van der Waals surface area (Å²) in [6, 6.07) is 12.3. The van der Waals surface area contributed by atoms with E-state index in [1.165, 1.54) is 12.1 Å². The van der Waals surface area contributed by atoms with Crippen molar-refractivity contribution in [2.75, 3.05) is 39.5 Å². The largest absolute Gasteiger partial charge is 0.494 e. The fraction of sp³-hybridized carbons (Fsp3) is 0.435. The quantitative estimate of drug-likeness (QED) is 0.683. The first kappa shape index (κ1) is 23.1. The SMILES string of the molecule is CCOc1ccc(CC(=O)NCC(c2ccc(C(F)(F)F)cc2)N2CCOCC2)cc1. The van der Waals surface area contributed by atoms with Crippen LogP contribution < -0.4 is 10.1 Å². The Morgan fingerprint density at radius 3 is 2.32 bits per heavy atom. The van der Waals surface area contributed by atoms with Crippen molar-refractivity contribution in [2.45, 2.75) is 25.6 Å². The molecule has 0 spiro atoms. The molecular formula is C23H27F3N2O3. The van der Waals surface area contributed by atoms with Crippen molar-refractivity contribution >= 4 is 5.91 Å². The molecular weight excluding hydrogens is 409 g/mol. The van der Waals surface area contributed by atoms with Crippen molar-refractivity contribution in [1.82, 2.24) is 10.2 Å². The number of carbonyl (C=O) groups is 1. The molecule has 1 heterocycles. The third-order valence-electron chi connectivity index (χ3n) is 5.20. The average Bonchev–Trinajstić information content (AvgIpc) is 2.76. The van der Waals surface area contributed by atoms with Crippen LogP contribution >= 0.6 is 0 Å². The molecule has 5 nitrogen and oxygen atoms in total. The van der Waals surface area contributed by atoms with E-state index < -0.39 is 11.7 Å². The maximum atomic E-state index is 12.9. The minimum Gasteiger partial charge on any atom is -0.494 e. The lowest BCUT2D eigenvalue weighted by Crippen LogP contribution is -2.44. The molecule has 31 heavy (non-hydrogen) atoms. The minimum absolute atomic E-state index is 0.144. The van der Waals surface area contributed by atoms with Crippen LogP contribution in [0.25, 0.3) is 0 Å².